The van der Waals surface area contributed by atoms with Gasteiger partial charge in [0, 0.05) is 25.3 Å². The van der Waals surface area contributed by atoms with E-state index in [1.807, 2.05) is 11.0 Å². The molecule has 2 unspecified atom stereocenters. The summed E-state index contributed by atoms with van der Waals surface area (Å²) in [5.41, 5.74) is 0.368. The van der Waals surface area contributed by atoms with Gasteiger partial charge in [0.25, 0.3) is 5.56 Å². The first-order valence-corrected chi connectivity index (χ1v) is 12.3. The van der Waals surface area contributed by atoms with Gasteiger partial charge in [-0.25, -0.2) is 9.59 Å². The molecule has 1 amide bonds. The van der Waals surface area contributed by atoms with Crippen LogP contribution in [0.5, 0.6) is 0 Å². The lowest BCUT2D eigenvalue weighted by atomic mass is 9.80. The molecule has 1 aliphatic rings. The second kappa shape index (κ2) is 10.6. The van der Waals surface area contributed by atoms with Crippen molar-refractivity contribution in [3.8, 4) is 0 Å². The summed E-state index contributed by atoms with van der Waals surface area (Å²) in [5, 5.41) is 13.1. The number of benzene rings is 2. The number of anilines is 1. The molecule has 0 saturated carbocycles. The standard InChI is InChI=1S/C27H32N4O6/c1-27(2,3)37-26(36)28-18-8-6-7-17(15-18)19-11-12-30(16-21(19)24(33)34)13-14-31-23(32)20-9-4-5-10-22(20)29-25(31)35/h4-10,15,19,21H,11-14,16H2,1-3H3,(H,28,36)(H,29,35)(H,33,34). The highest BCUT2D eigenvalue weighted by Gasteiger charge is 2.35. The Morgan fingerprint density at radius 2 is 1.86 bits per heavy atom. The highest BCUT2D eigenvalue weighted by molar-refractivity contribution is 5.85. The number of carboxylic acids is 1. The van der Waals surface area contributed by atoms with Crippen molar-refractivity contribution in [1.82, 2.24) is 14.5 Å². The lowest BCUT2D eigenvalue weighted by Crippen LogP contribution is -2.46. The molecule has 1 aliphatic heterocycles. The third kappa shape index (κ3) is 6.26. The number of aromatic nitrogens is 2. The zero-order chi connectivity index (χ0) is 26.7. The number of carboxylic acid groups (broad SMARTS) is 1. The average Bonchev–Trinajstić information content (AvgIpc) is 2.82. The van der Waals surface area contributed by atoms with Crippen molar-refractivity contribution in [3.63, 3.8) is 0 Å². The van der Waals surface area contributed by atoms with Crippen LogP contribution < -0.4 is 16.6 Å². The van der Waals surface area contributed by atoms with E-state index in [1.165, 1.54) is 0 Å². The maximum absolute atomic E-state index is 12.8. The van der Waals surface area contributed by atoms with E-state index in [0.29, 0.717) is 36.1 Å². The van der Waals surface area contributed by atoms with E-state index in [-0.39, 0.29) is 24.6 Å². The van der Waals surface area contributed by atoms with Crippen molar-refractivity contribution < 1.29 is 19.4 Å². The zero-order valence-electron chi connectivity index (χ0n) is 21.2. The lowest BCUT2D eigenvalue weighted by molar-refractivity contribution is -0.144. The zero-order valence-corrected chi connectivity index (χ0v) is 21.2. The van der Waals surface area contributed by atoms with E-state index in [2.05, 4.69) is 10.3 Å². The monoisotopic (exact) mass is 508 g/mol. The molecule has 2 heterocycles. The van der Waals surface area contributed by atoms with Crippen LogP contribution in [0.2, 0.25) is 0 Å². The Morgan fingerprint density at radius 1 is 1.11 bits per heavy atom. The summed E-state index contributed by atoms with van der Waals surface area (Å²) >= 11 is 0. The number of amides is 1. The van der Waals surface area contributed by atoms with Gasteiger partial charge in [-0.1, -0.05) is 24.3 Å². The molecule has 0 aliphatic carbocycles. The highest BCUT2D eigenvalue weighted by Crippen LogP contribution is 2.34. The SMILES string of the molecule is CC(C)(C)OC(=O)Nc1cccc(C2CCN(CCn3c(=O)[nH]c4ccccc4c3=O)CC2C(=O)O)c1. The summed E-state index contributed by atoms with van der Waals surface area (Å²) in [6, 6.07) is 14.0. The van der Waals surface area contributed by atoms with E-state index in [9.17, 15) is 24.3 Å². The van der Waals surface area contributed by atoms with Crippen LogP contribution in [0.15, 0.2) is 58.1 Å². The molecule has 37 heavy (non-hydrogen) atoms. The normalized spacial score (nSPS) is 18.5. The van der Waals surface area contributed by atoms with Gasteiger partial charge in [0.1, 0.15) is 5.60 Å². The Bertz CT molecular complexity index is 1420. The number of nitrogens with one attached hydrogen (secondary N) is 2. The summed E-state index contributed by atoms with van der Waals surface area (Å²) in [5.74, 6) is -1.85. The van der Waals surface area contributed by atoms with Gasteiger partial charge in [0.2, 0.25) is 0 Å². The number of carbonyl (C=O) groups excluding carboxylic acids is 1. The molecule has 4 rings (SSSR count). The molecule has 10 heteroatoms. The summed E-state index contributed by atoms with van der Waals surface area (Å²) in [6.07, 6.45) is 0.00344. The molecule has 10 nitrogen and oxygen atoms in total. The topological polar surface area (TPSA) is 134 Å². The number of rotatable bonds is 6. The molecule has 196 valence electrons. The summed E-state index contributed by atoms with van der Waals surface area (Å²) in [7, 11) is 0. The second-order valence-corrected chi connectivity index (χ2v) is 10.3. The molecule has 0 radical (unpaired) electrons. The number of hydrogen-bond acceptors (Lipinski definition) is 6. The van der Waals surface area contributed by atoms with Gasteiger partial charge in [-0.3, -0.25) is 19.5 Å². The van der Waals surface area contributed by atoms with Crippen molar-refractivity contribution >= 4 is 28.7 Å². The van der Waals surface area contributed by atoms with Gasteiger partial charge in [-0.05, 0) is 69.5 Å². The molecule has 0 bridgehead atoms. The van der Waals surface area contributed by atoms with Gasteiger partial charge >= 0.3 is 17.8 Å². The third-order valence-electron chi connectivity index (χ3n) is 6.50. The fourth-order valence-corrected chi connectivity index (χ4v) is 4.78. The Labute approximate surface area is 213 Å². The highest BCUT2D eigenvalue weighted by atomic mass is 16.6. The Hall–Kier alpha value is -3.92. The molecular formula is C27H32N4O6. The van der Waals surface area contributed by atoms with Gasteiger partial charge in [-0.2, -0.15) is 0 Å². The Balaban J connectivity index is 1.45. The number of ether oxygens (including phenoxy) is 1. The second-order valence-electron chi connectivity index (χ2n) is 10.3. The van der Waals surface area contributed by atoms with Gasteiger partial charge < -0.3 is 19.7 Å². The number of nitrogens with zero attached hydrogens (tertiary/aromatic N) is 2. The quantitative estimate of drug-likeness (QED) is 0.465. The van der Waals surface area contributed by atoms with Crippen LogP contribution in [0.4, 0.5) is 10.5 Å². The smallest absolute Gasteiger partial charge is 0.412 e. The fraction of sp³-hybridized carbons (Fsp3) is 0.407. The first-order valence-electron chi connectivity index (χ1n) is 12.3. The minimum absolute atomic E-state index is 0.158. The number of para-hydroxylation sites is 1. The lowest BCUT2D eigenvalue weighted by Gasteiger charge is -2.37. The van der Waals surface area contributed by atoms with Crippen LogP contribution in [0.1, 0.15) is 38.7 Å². The van der Waals surface area contributed by atoms with Crippen LogP contribution >= 0.6 is 0 Å². The van der Waals surface area contributed by atoms with Crippen molar-refractivity contribution in [2.45, 2.75) is 45.3 Å². The van der Waals surface area contributed by atoms with Crippen LogP contribution in [-0.2, 0) is 16.1 Å². The number of hydrogen-bond donors (Lipinski definition) is 3. The molecule has 2 aromatic carbocycles. The van der Waals surface area contributed by atoms with Crippen LogP contribution in [-0.4, -0.2) is 56.9 Å². The van der Waals surface area contributed by atoms with Gasteiger partial charge in [0.05, 0.1) is 16.8 Å². The minimum atomic E-state index is -0.916. The number of likely N-dealkylation sites (tertiary alicyclic amines) is 1. The Kier molecular flexibility index (Phi) is 7.49. The molecule has 1 saturated heterocycles. The van der Waals surface area contributed by atoms with Crippen molar-refractivity contribution in [2.24, 2.45) is 5.92 Å². The Morgan fingerprint density at radius 3 is 2.59 bits per heavy atom. The molecule has 1 aromatic heterocycles. The van der Waals surface area contributed by atoms with E-state index < -0.39 is 29.3 Å². The van der Waals surface area contributed by atoms with Crippen LogP contribution in [0, 0.1) is 5.92 Å². The van der Waals surface area contributed by atoms with E-state index >= 15 is 0 Å². The number of H-pyrrole nitrogens is 1. The third-order valence-corrected chi connectivity index (χ3v) is 6.50. The van der Waals surface area contributed by atoms with E-state index in [1.54, 1.807) is 63.2 Å². The van der Waals surface area contributed by atoms with E-state index in [0.717, 1.165) is 10.1 Å². The van der Waals surface area contributed by atoms with E-state index in [4.69, 9.17) is 4.74 Å². The molecule has 1 fully saturated rings. The first kappa shape index (κ1) is 26.2. The van der Waals surface area contributed by atoms with Crippen molar-refractivity contribution in [1.29, 1.82) is 0 Å². The van der Waals surface area contributed by atoms with Crippen LogP contribution in [0.25, 0.3) is 10.9 Å². The molecule has 2 atom stereocenters. The molecular weight excluding hydrogens is 476 g/mol. The van der Waals surface area contributed by atoms with Crippen molar-refractivity contribution in [2.75, 3.05) is 25.0 Å². The number of aromatic amines is 1. The number of piperidine rings is 1. The predicted molar refractivity (Wildman–Crippen MR) is 140 cm³/mol. The molecule has 0 spiro atoms. The fourth-order valence-electron chi connectivity index (χ4n) is 4.78. The maximum atomic E-state index is 12.8. The van der Waals surface area contributed by atoms with Crippen LogP contribution in [0.3, 0.4) is 0 Å². The number of fused-ring (bicyclic) bond motifs is 1. The first-order chi connectivity index (χ1) is 17.5. The van der Waals surface area contributed by atoms with Crippen molar-refractivity contribution in [3.05, 3.63) is 74.9 Å². The minimum Gasteiger partial charge on any atom is -0.481 e. The maximum Gasteiger partial charge on any atom is 0.412 e. The average molecular weight is 509 g/mol. The van der Waals surface area contributed by atoms with Gasteiger partial charge in [-0.15, -0.1) is 0 Å². The summed E-state index contributed by atoms with van der Waals surface area (Å²) in [6.45, 7) is 6.76. The molecule has 3 aromatic rings. The number of aliphatic carboxylic acids is 1. The van der Waals surface area contributed by atoms with Gasteiger partial charge in [0.15, 0.2) is 0 Å². The number of carbonyl (C=O) groups is 2. The largest absolute Gasteiger partial charge is 0.481 e. The summed E-state index contributed by atoms with van der Waals surface area (Å²) < 4.78 is 6.47. The molecule has 3 N–H and O–H groups in total. The summed E-state index contributed by atoms with van der Waals surface area (Å²) in [4.78, 5) is 54.3. The predicted octanol–water partition coefficient (Wildman–Crippen LogP) is 3.23.